The van der Waals surface area contributed by atoms with E-state index in [0.717, 1.165) is 24.6 Å². The summed E-state index contributed by atoms with van der Waals surface area (Å²) in [4.78, 5) is 0. The Morgan fingerprint density at radius 2 is 1.74 bits per heavy atom. The van der Waals surface area contributed by atoms with Crippen LogP contribution in [0.25, 0.3) is 0 Å². The Kier molecular flexibility index (Phi) is 5.94. The topological polar surface area (TPSA) is 83.6 Å². The summed E-state index contributed by atoms with van der Waals surface area (Å²) in [7, 11) is -7.48. The summed E-state index contributed by atoms with van der Waals surface area (Å²) >= 11 is 5.48. The van der Waals surface area contributed by atoms with Gasteiger partial charge in [-0.2, -0.15) is 13.2 Å². The van der Waals surface area contributed by atoms with Gasteiger partial charge < -0.3 is 0 Å². The largest absolute Gasteiger partial charge is 0.417 e. The number of alkyl halides is 3. The molecule has 0 amide bonds. The standard InChI is InChI=1S/C11H14ClF3N2O4S2/c1-22(18,19)16-5-6-17(23(2,20)21)8-3-4-10(12)9(7-8)11(13,14)15/h3-4,7,16H,5-6H2,1-2H3. The van der Waals surface area contributed by atoms with Crippen molar-refractivity contribution in [2.75, 3.05) is 29.9 Å². The number of rotatable bonds is 6. The zero-order valence-electron chi connectivity index (χ0n) is 12.1. The molecule has 6 nitrogen and oxygen atoms in total. The summed E-state index contributed by atoms with van der Waals surface area (Å²) in [5.41, 5.74) is -1.44. The first kappa shape index (κ1) is 20.0. The SMILES string of the molecule is CS(=O)(=O)NCCN(c1ccc(Cl)c(C(F)(F)F)c1)S(C)(=O)=O. The van der Waals surface area contributed by atoms with E-state index in [2.05, 4.69) is 4.72 Å². The van der Waals surface area contributed by atoms with Gasteiger partial charge in [-0.05, 0) is 18.2 Å². The van der Waals surface area contributed by atoms with Crippen LogP contribution in [0.15, 0.2) is 18.2 Å². The number of hydrogen-bond donors (Lipinski definition) is 1. The maximum atomic E-state index is 12.9. The highest BCUT2D eigenvalue weighted by Crippen LogP contribution is 2.37. The fourth-order valence-corrected chi connectivity index (χ4v) is 3.31. The molecule has 132 valence electrons. The van der Waals surface area contributed by atoms with Gasteiger partial charge in [-0.1, -0.05) is 11.6 Å². The van der Waals surface area contributed by atoms with Crippen molar-refractivity contribution in [2.45, 2.75) is 6.18 Å². The summed E-state index contributed by atoms with van der Waals surface area (Å²) in [6, 6.07) is 2.64. The lowest BCUT2D eigenvalue weighted by Crippen LogP contribution is -2.38. The van der Waals surface area contributed by atoms with Crippen molar-refractivity contribution in [3.05, 3.63) is 28.8 Å². The fourth-order valence-electron chi connectivity index (χ4n) is 1.70. The molecule has 1 aromatic rings. The summed E-state index contributed by atoms with van der Waals surface area (Å²) in [6.45, 7) is -0.666. The Balaban J connectivity index is 3.19. The normalized spacial score (nSPS) is 13.1. The van der Waals surface area contributed by atoms with Crippen LogP contribution in [0.2, 0.25) is 5.02 Å². The minimum Gasteiger partial charge on any atom is -0.269 e. The van der Waals surface area contributed by atoms with E-state index in [0.29, 0.717) is 10.4 Å². The molecule has 12 heteroatoms. The second-order valence-electron chi connectivity index (χ2n) is 4.66. The number of nitrogens with zero attached hydrogens (tertiary/aromatic N) is 1. The van der Waals surface area contributed by atoms with Gasteiger partial charge in [0.2, 0.25) is 20.0 Å². The molecule has 0 atom stereocenters. The monoisotopic (exact) mass is 394 g/mol. The van der Waals surface area contributed by atoms with Gasteiger partial charge in [-0.15, -0.1) is 0 Å². The van der Waals surface area contributed by atoms with Gasteiger partial charge in [0, 0.05) is 13.1 Å². The molecule has 0 aliphatic carbocycles. The van der Waals surface area contributed by atoms with Gasteiger partial charge >= 0.3 is 6.18 Å². The van der Waals surface area contributed by atoms with Crippen LogP contribution in [0.5, 0.6) is 0 Å². The summed E-state index contributed by atoms with van der Waals surface area (Å²) in [6.07, 6.45) is -3.07. The molecule has 1 rings (SSSR count). The molecule has 0 saturated carbocycles. The van der Waals surface area contributed by atoms with Crippen LogP contribution in [-0.4, -0.2) is 42.4 Å². The Labute approximate surface area is 137 Å². The van der Waals surface area contributed by atoms with E-state index in [4.69, 9.17) is 11.6 Å². The molecule has 0 spiro atoms. The molecule has 1 aromatic carbocycles. The van der Waals surface area contributed by atoms with Crippen molar-refractivity contribution < 1.29 is 30.0 Å². The Morgan fingerprint density at radius 1 is 1.17 bits per heavy atom. The Hall–Kier alpha value is -1.04. The van der Waals surface area contributed by atoms with E-state index < -0.39 is 36.8 Å². The highest BCUT2D eigenvalue weighted by molar-refractivity contribution is 7.92. The number of hydrogen-bond acceptors (Lipinski definition) is 4. The van der Waals surface area contributed by atoms with Crippen LogP contribution in [0.3, 0.4) is 0 Å². The van der Waals surface area contributed by atoms with Crippen LogP contribution in [0.1, 0.15) is 5.56 Å². The third-order valence-corrected chi connectivity index (χ3v) is 4.87. The maximum Gasteiger partial charge on any atom is 0.417 e. The van der Waals surface area contributed by atoms with Crippen molar-refractivity contribution in [3.8, 4) is 0 Å². The second-order valence-corrected chi connectivity index (χ2v) is 8.81. The molecule has 0 aliphatic rings. The van der Waals surface area contributed by atoms with E-state index in [-0.39, 0.29) is 18.8 Å². The smallest absolute Gasteiger partial charge is 0.269 e. The van der Waals surface area contributed by atoms with Crippen molar-refractivity contribution in [2.24, 2.45) is 0 Å². The predicted octanol–water partition coefficient (Wildman–Crippen LogP) is 1.67. The highest BCUT2D eigenvalue weighted by atomic mass is 35.5. The zero-order valence-corrected chi connectivity index (χ0v) is 14.4. The fraction of sp³-hybridized carbons (Fsp3) is 0.455. The van der Waals surface area contributed by atoms with Gasteiger partial charge in [0.05, 0.1) is 28.8 Å². The van der Waals surface area contributed by atoms with Crippen molar-refractivity contribution in [1.82, 2.24) is 4.72 Å². The minimum atomic E-state index is -4.75. The third-order valence-electron chi connectivity index (χ3n) is 2.62. The molecule has 1 N–H and O–H groups in total. The first-order chi connectivity index (χ1) is 10.2. The number of halogens is 4. The molecule has 0 aromatic heterocycles. The second kappa shape index (κ2) is 6.83. The number of anilines is 1. The average Bonchev–Trinajstić information content (AvgIpc) is 2.31. The highest BCUT2D eigenvalue weighted by Gasteiger charge is 2.34. The maximum absolute atomic E-state index is 12.9. The summed E-state index contributed by atoms with van der Waals surface area (Å²) in [5.74, 6) is 0. The van der Waals surface area contributed by atoms with E-state index in [1.807, 2.05) is 0 Å². The lowest BCUT2D eigenvalue weighted by molar-refractivity contribution is -0.137. The van der Waals surface area contributed by atoms with Gasteiger partial charge in [-0.25, -0.2) is 21.6 Å². The number of sulfonamides is 2. The van der Waals surface area contributed by atoms with Crippen LogP contribution in [0, 0.1) is 0 Å². The molecule has 0 radical (unpaired) electrons. The van der Waals surface area contributed by atoms with Crippen LogP contribution in [-0.2, 0) is 26.2 Å². The summed E-state index contributed by atoms with van der Waals surface area (Å²) in [5, 5.41) is -0.566. The first-order valence-corrected chi connectivity index (χ1v) is 10.1. The van der Waals surface area contributed by atoms with E-state index in [1.165, 1.54) is 0 Å². The number of benzene rings is 1. The van der Waals surface area contributed by atoms with Crippen LogP contribution < -0.4 is 9.03 Å². The van der Waals surface area contributed by atoms with Crippen molar-refractivity contribution in [3.63, 3.8) is 0 Å². The molecule has 0 bridgehead atoms. The first-order valence-electron chi connectivity index (χ1n) is 6.01. The van der Waals surface area contributed by atoms with Crippen LogP contribution in [0.4, 0.5) is 18.9 Å². The average molecular weight is 395 g/mol. The minimum absolute atomic E-state index is 0.264. The van der Waals surface area contributed by atoms with Gasteiger partial charge in [0.1, 0.15) is 0 Å². The molecule has 0 fully saturated rings. The third kappa shape index (κ3) is 6.16. The zero-order chi connectivity index (χ0) is 18.1. The predicted molar refractivity (Wildman–Crippen MR) is 81.5 cm³/mol. The quantitative estimate of drug-likeness (QED) is 0.795. The summed E-state index contributed by atoms with van der Waals surface area (Å²) < 4.78 is 86.8. The lowest BCUT2D eigenvalue weighted by atomic mass is 10.2. The van der Waals surface area contributed by atoms with Gasteiger partial charge in [-0.3, -0.25) is 4.31 Å². The molecular formula is C11H14ClF3N2O4S2. The molecule has 0 unspecified atom stereocenters. The van der Waals surface area contributed by atoms with Crippen LogP contribution >= 0.6 is 11.6 Å². The lowest BCUT2D eigenvalue weighted by Gasteiger charge is -2.23. The van der Waals surface area contributed by atoms with E-state index in [9.17, 15) is 30.0 Å². The molecule has 23 heavy (non-hydrogen) atoms. The van der Waals surface area contributed by atoms with E-state index >= 15 is 0 Å². The Morgan fingerprint density at radius 3 is 2.17 bits per heavy atom. The number of nitrogens with one attached hydrogen (secondary N) is 1. The van der Waals surface area contributed by atoms with Gasteiger partial charge in [0.25, 0.3) is 0 Å². The van der Waals surface area contributed by atoms with Crippen molar-refractivity contribution >= 4 is 37.3 Å². The molecule has 0 aliphatic heterocycles. The molecule has 0 saturated heterocycles. The van der Waals surface area contributed by atoms with Gasteiger partial charge in [0.15, 0.2) is 0 Å². The van der Waals surface area contributed by atoms with Crippen molar-refractivity contribution in [1.29, 1.82) is 0 Å². The van der Waals surface area contributed by atoms with E-state index in [1.54, 1.807) is 0 Å². The Bertz CT molecular complexity index is 779. The molecular weight excluding hydrogens is 381 g/mol. The molecule has 0 heterocycles.